The number of ether oxygens (including phenoxy) is 1. The number of hydrogen-bond donors (Lipinski definition) is 2. The second kappa shape index (κ2) is 6.77. The van der Waals surface area contributed by atoms with E-state index in [4.69, 9.17) is 10.8 Å². The van der Waals surface area contributed by atoms with E-state index in [9.17, 15) is 22.8 Å². The molecule has 0 saturated carbocycles. The van der Waals surface area contributed by atoms with Gasteiger partial charge in [0, 0.05) is 24.7 Å². The molecule has 0 amide bonds. The summed E-state index contributed by atoms with van der Waals surface area (Å²) in [6.45, 7) is 2.54. The summed E-state index contributed by atoms with van der Waals surface area (Å²) in [4.78, 5) is 25.3. The number of anilines is 1. The number of benzene rings is 2. The summed E-state index contributed by atoms with van der Waals surface area (Å²) in [6.07, 6.45) is -0.794. The van der Waals surface area contributed by atoms with E-state index in [0.717, 1.165) is 29.0 Å². The monoisotopic (exact) mass is 419 g/mol. The fourth-order valence-corrected chi connectivity index (χ4v) is 3.59. The molecule has 0 unspecified atom stereocenters. The minimum absolute atomic E-state index is 0.0882. The van der Waals surface area contributed by atoms with Crippen LogP contribution in [0.15, 0.2) is 41.3 Å². The van der Waals surface area contributed by atoms with Gasteiger partial charge in [0.05, 0.1) is 28.5 Å². The highest BCUT2D eigenvalue weighted by molar-refractivity contribution is 5.86. The Kier molecular flexibility index (Phi) is 4.46. The minimum atomic E-state index is -1.77. The Balaban J connectivity index is 2.00. The van der Waals surface area contributed by atoms with Gasteiger partial charge in [-0.25, -0.2) is 18.0 Å². The maximum Gasteiger partial charge on any atom is 0.511 e. The molecule has 156 valence electrons. The number of nitrogens with two attached hydrogens (primary N) is 1. The van der Waals surface area contributed by atoms with Crippen molar-refractivity contribution in [1.29, 1.82) is 0 Å². The van der Waals surface area contributed by atoms with Crippen molar-refractivity contribution in [3.8, 4) is 11.4 Å². The normalized spacial score (nSPS) is 15.2. The Bertz CT molecular complexity index is 1250. The van der Waals surface area contributed by atoms with Gasteiger partial charge < -0.3 is 25.0 Å². The Morgan fingerprint density at radius 1 is 1.13 bits per heavy atom. The average Bonchev–Trinajstić information content (AvgIpc) is 2.62. The lowest BCUT2D eigenvalue weighted by molar-refractivity contribution is 0.144. The Morgan fingerprint density at radius 2 is 1.80 bits per heavy atom. The highest BCUT2D eigenvalue weighted by Crippen LogP contribution is 2.33. The molecule has 0 atom stereocenters. The van der Waals surface area contributed by atoms with Crippen LogP contribution in [0.5, 0.6) is 5.75 Å². The highest BCUT2D eigenvalue weighted by atomic mass is 19.1. The number of carbonyl (C=O) groups is 1. The van der Waals surface area contributed by atoms with Gasteiger partial charge in [-0.05, 0) is 31.2 Å². The molecule has 3 N–H and O–H groups in total. The van der Waals surface area contributed by atoms with Crippen molar-refractivity contribution in [3.63, 3.8) is 0 Å². The number of carboxylic acid groups (broad SMARTS) is 1. The second-order valence-corrected chi connectivity index (χ2v) is 7.49. The van der Waals surface area contributed by atoms with Gasteiger partial charge in [-0.1, -0.05) is 0 Å². The van der Waals surface area contributed by atoms with Crippen LogP contribution in [0, 0.1) is 17.5 Å². The van der Waals surface area contributed by atoms with Crippen molar-refractivity contribution in [3.05, 3.63) is 64.2 Å². The van der Waals surface area contributed by atoms with Gasteiger partial charge in [-0.3, -0.25) is 4.79 Å². The first-order valence-electron chi connectivity index (χ1n) is 8.85. The fourth-order valence-electron chi connectivity index (χ4n) is 3.59. The molecule has 0 spiro atoms. The first-order valence-corrected chi connectivity index (χ1v) is 8.85. The van der Waals surface area contributed by atoms with Gasteiger partial charge in [0.1, 0.15) is 17.5 Å². The van der Waals surface area contributed by atoms with E-state index in [2.05, 4.69) is 4.74 Å². The summed E-state index contributed by atoms with van der Waals surface area (Å²) in [5, 5.41) is 8.66. The lowest BCUT2D eigenvalue weighted by Gasteiger charge is -2.47. The van der Waals surface area contributed by atoms with Crippen molar-refractivity contribution in [2.45, 2.75) is 12.5 Å². The molecule has 1 fully saturated rings. The smallest absolute Gasteiger partial charge is 0.449 e. The van der Waals surface area contributed by atoms with Crippen LogP contribution in [0.3, 0.4) is 0 Å². The number of nitrogens with zero attached hydrogens (tertiary/aromatic N) is 2. The predicted octanol–water partition coefficient (Wildman–Crippen LogP) is 3.00. The molecule has 2 aromatic carbocycles. The van der Waals surface area contributed by atoms with E-state index in [1.807, 2.05) is 6.92 Å². The van der Waals surface area contributed by atoms with Crippen LogP contribution in [0.25, 0.3) is 16.6 Å². The molecule has 3 aromatic rings. The van der Waals surface area contributed by atoms with Crippen molar-refractivity contribution in [1.82, 2.24) is 4.57 Å². The molecule has 1 saturated heterocycles. The van der Waals surface area contributed by atoms with Crippen LogP contribution in [-0.4, -0.2) is 34.5 Å². The summed E-state index contributed by atoms with van der Waals surface area (Å²) in [5.74, 6) is -3.17. The molecular formula is C20H16F3N3O4. The van der Waals surface area contributed by atoms with Crippen molar-refractivity contribution in [2.24, 2.45) is 5.73 Å². The van der Waals surface area contributed by atoms with Crippen molar-refractivity contribution >= 4 is 22.7 Å². The highest BCUT2D eigenvalue weighted by Gasteiger charge is 2.36. The molecule has 0 radical (unpaired) electrons. The number of pyridine rings is 1. The fraction of sp³-hybridized carbons (Fsp3) is 0.200. The van der Waals surface area contributed by atoms with E-state index in [1.165, 1.54) is 6.07 Å². The predicted molar refractivity (Wildman–Crippen MR) is 103 cm³/mol. The number of halogens is 3. The summed E-state index contributed by atoms with van der Waals surface area (Å²) in [6, 6.07) is 5.03. The lowest BCUT2D eigenvalue weighted by Crippen LogP contribution is -2.65. The number of hydrogen-bond acceptors (Lipinski definition) is 5. The molecule has 10 heteroatoms. The zero-order valence-corrected chi connectivity index (χ0v) is 15.7. The molecule has 0 aliphatic carbocycles. The largest absolute Gasteiger partial charge is 0.511 e. The topological polar surface area (TPSA) is 97.8 Å². The van der Waals surface area contributed by atoms with Crippen LogP contribution in [0.2, 0.25) is 0 Å². The van der Waals surface area contributed by atoms with E-state index >= 15 is 0 Å². The van der Waals surface area contributed by atoms with E-state index < -0.39 is 40.3 Å². The maximum absolute atomic E-state index is 14.8. The zero-order valence-electron chi connectivity index (χ0n) is 15.7. The van der Waals surface area contributed by atoms with Crippen LogP contribution < -0.4 is 20.8 Å². The van der Waals surface area contributed by atoms with Gasteiger partial charge in [0.2, 0.25) is 5.43 Å². The second-order valence-electron chi connectivity index (χ2n) is 7.49. The molecule has 4 rings (SSSR count). The molecule has 2 heterocycles. The minimum Gasteiger partial charge on any atom is -0.449 e. The Hall–Kier alpha value is -3.53. The number of aromatic nitrogens is 1. The first-order chi connectivity index (χ1) is 14.1. The van der Waals surface area contributed by atoms with Gasteiger partial charge >= 0.3 is 6.16 Å². The third kappa shape index (κ3) is 3.35. The Morgan fingerprint density at radius 3 is 2.40 bits per heavy atom. The molecule has 0 bridgehead atoms. The molecule has 30 heavy (non-hydrogen) atoms. The van der Waals surface area contributed by atoms with Gasteiger partial charge in [0.15, 0.2) is 5.75 Å². The van der Waals surface area contributed by atoms with Gasteiger partial charge in [-0.2, -0.15) is 0 Å². The van der Waals surface area contributed by atoms with Gasteiger partial charge in [-0.15, -0.1) is 0 Å². The third-order valence-electron chi connectivity index (χ3n) is 4.85. The molecular weight excluding hydrogens is 403 g/mol. The lowest BCUT2D eigenvalue weighted by atomic mass is 9.93. The Labute approximate surface area is 167 Å². The standard InChI is InChI=1S/C20H16F3N3O4/c1-20(24)8-25(9-20)16-6-15-11(5-13(16)23)18(27)17(30-19(28)29)7-26(15)14-3-2-10(21)4-12(14)22/h2-7H,8-9,24H2,1H3,(H,28,29). The van der Waals surface area contributed by atoms with E-state index in [-0.39, 0.29) is 22.3 Å². The van der Waals surface area contributed by atoms with E-state index in [0.29, 0.717) is 19.2 Å². The molecule has 1 aliphatic heterocycles. The van der Waals surface area contributed by atoms with Gasteiger partial charge in [0.25, 0.3) is 0 Å². The quantitative estimate of drug-likeness (QED) is 0.634. The summed E-state index contributed by atoms with van der Waals surface area (Å²) in [5.41, 5.74) is 4.65. The first kappa shape index (κ1) is 19.8. The molecule has 7 nitrogen and oxygen atoms in total. The number of fused-ring (bicyclic) bond motifs is 1. The number of rotatable bonds is 3. The summed E-state index contributed by atoms with van der Waals surface area (Å²) < 4.78 is 48.2. The van der Waals surface area contributed by atoms with E-state index in [1.54, 1.807) is 4.90 Å². The summed E-state index contributed by atoms with van der Waals surface area (Å²) in [7, 11) is 0. The molecule has 1 aromatic heterocycles. The SMILES string of the molecule is CC1(N)CN(c2cc3c(cc2F)c(=O)c(OC(=O)O)cn3-c2ccc(F)cc2F)C1. The maximum atomic E-state index is 14.8. The average molecular weight is 419 g/mol. The third-order valence-corrected chi connectivity index (χ3v) is 4.85. The van der Waals surface area contributed by atoms with Crippen molar-refractivity contribution in [2.75, 3.05) is 18.0 Å². The van der Waals surface area contributed by atoms with Crippen LogP contribution in [0.1, 0.15) is 6.92 Å². The molecule has 1 aliphatic rings. The zero-order chi connectivity index (χ0) is 21.8. The van der Waals surface area contributed by atoms with Crippen molar-refractivity contribution < 1.29 is 27.8 Å². The summed E-state index contributed by atoms with van der Waals surface area (Å²) >= 11 is 0. The van der Waals surface area contributed by atoms with Crippen LogP contribution in [0.4, 0.5) is 23.7 Å². The van der Waals surface area contributed by atoms with Crippen LogP contribution in [-0.2, 0) is 0 Å². The van der Waals surface area contributed by atoms with Crippen LogP contribution >= 0.6 is 0 Å².